The van der Waals surface area contributed by atoms with E-state index >= 15 is 0 Å². The van der Waals surface area contributed by atoms with Crippen LogP contribution in [-0.2, 0) is 0 Å². The zero-order valence-corrected chi connectivity index (χ0v) is 27.4. The zero-order valence-electron chi connectivity index (χ0n) is 26.6. The van der Waals surface area contributed by atoms with E-state index in [1.165, 1.54) is 64.8 Å². The Kier molecular flexibility index (Phi) is 5.81. The molecule has 0 saturated heterocycles. The Balaban J connectivity index is 1.16. The number of benzene rings is 5. The van der Waals surface area contributed by atoms with E-state index in [2.05, 4.69) is 161 Å². The molecule has 7 aromatic rings. The maximum Gasteiger partial charge on any atom is 0.155 e. The smallest absolute Gasteiger partial charge is 0.155 e. The summed E-state index contributed by atoms with van der Waals surface area (Å²) in [6, 6.07) is 37.9. The van der Waals surface area contributed by atoms with E-state index in [1.807, 2.05) is 11.8 Å². The molecule has 2 aromatic heterocycles. The molecule has 232 valence electrons. The predicted molar refractivity (Wildman–Crippen MR) is 205 cm³/mol. The Labute approximate surface area is 287 Å². The molecule has 0 saturated carbocycles. The first-order chi connectivity index (χ1) is 24.3. The lowest BCUT2D eigenvalue weighted by molar-refractivity contribution is 0.667. The first-order valence-electron chi connectivity index (χ1n) is 17.0. The molecule has 4 nitrogen and oxygen atoms in total. The van der Waals surface area contributed by atoms with Crippen molar-refractivity contribution in [3.63, 3.8) is 0 Å². The van der Waals surface area contributed by atoms with Gasteiger partial charge in [0, 0.05) is 60.1 Å². The second-order valence-electron chi connectivity index (χ2n) is 13.2. The van der Waals surface area contributed by atoms with Crippen LogP contribution in [0.3, 0.4) is 0 Å². The van der Waals surface area contributed by atoms with Crippen LogP contribution < -0.4 is 0 Å². The van der Waals surface area contributed by atoms with Crippen LogP contribution >= 0.6 is 11.8 Å². The van der Waals surface area contributed by atoms with Crippen molar-refractivity contribution in [2.24, 2.45) is 21.8 Å². The number of fused-ring (bicyclic) bond motifs is 10. The molecular formula is C44H30N4S. The van der Waals surface area contributed by atoms with E-state index in [1.54, 1.807) is 0 Å². The van der Waals surface area contributed by atoms with E-state index in [-0.39, 0.29) is 17.9 Å². The van der Waals surface area contributed by atoms with Gasteiger partial charge in [0.2, 0.25) is 0 Å². The van der Waals surface area contributed by atoms with Crippen molar-refractivity contribution >= 4 is 66.9 Å². The van der Waals surface area contributed by atoms with E-state index < -0.39 is 0 Å². The maximum atomic E-state index is 5.32. The lowest BCUT2D eigenvalue weighted by Crippen LogP contribution is -2.35. The fraction of sp³-hybridized carbons (Fsp3) is 0.0909. The predicted octanol–water partition coefficient (Wildman–Crippen LogP) is 10.8. The van der Waals surface area contributed by atoms with Crippen molar-refractivity contribution in [2.75, 3.05) is 0 Å². The molecule has 0 fully saturated rings. The minimum atomic E-state index is 0.0577. The molecule has 4 heterocycles. The third-order valence-corrected chi connectivity index (χ3v) is 11.6. The number of aliphatic imine (C=N–C) groups is 2. The lowest BCUT2D eigenvalue weighted by Gasteiger charge is -2.31. The maximum absolute atomic E-state index is 5.32. The molecule has 0 radical (unpaired) electrons. The molecule has 2 aliphatic carbocycles. The van der Waals surface area contributed by atoms with Crippen LogP contribution in [0.5, 0.6) is 0 Å². The second kappa shape index (κ2) is 10.4. The first-order valence-corrected chi connectivity index (χ1v) is 17.9. The highest BCUT2D eigenvalue weighted by atomic mass is 32.2. The summed E-state index contributed by atoms with van der Waals surface area (Å²) in [6.07, 6.45) is 18.6. The molecule has 49 heavy (non-hydrogen) atoms. The molecule has 3 atom stereocenters. The van der Waals surface area contributed by atoms with Gasteiger partial charge >= 0.3 is 0 Å². The highest BCUT2D eigenvalue weighted by Crippen LogP contribution is 2.51. The number of allylic oxidation sites excluding steroid dienone is 6. The summed E-state index contributed by atoms with van der Waals surface area (Å²) >= 11 is 1.88. The van der Waals surface area contributed by atoms with E-state index in [0.717, 1.165) is 23.5 Å². The largest absolute Gasteiger partial charge is 0.309 e. The average molecular weight is 647 g/mol. The van der Waals surface area contributed by atoms with E-state index in [4.69, 9.17) is 9.98 Å². The van der Waals surface area contributed by atoms with Crippen LogP contribution in [0.1, 0.15) is 12.0 Å². The van der Waals surface area contributed by atoms with Gasteiger partial charge in [0.25, 0.3) is 0 Å². The number of hydrogen-bond donors (Lipinski definition) is 0. The van der Waals surface area contributed by atoms with Gasteiger partial charge in [-0.05, 0) is 48.9 Å². The fourth-order valence-electron chi connectivity index (χ4n) is 8.44. The Morgan fingerprint density at radius 2 is 1.41 bits per heavy atom. The topological polar surface area (TPSA) is 34.6 Å². The molecule has 5 heteroatoms. The molecule has 11 rings (SSSR count). The molecule has 2 aliphatic heterocycles. The summed E-state index contributed by atoms with van der Waals surface area (Å²) in [5.74, 6) is 1.29. The summed E-state index contributed by atoms with van der Waals surface area (Å²) in [5.41, 5.74) is 9.56. The van der Waals surface area contributed by atoms with Crippen molar-refractivity contribution < 1.29 is 0 Å². The van der Waals surface area contributed by atoms with Gasteiger partial charge < -0.3 is 9.13 Å². The van der Waals surface area contributed by atoms with Gasteiger partial charge in [-0.15, -0.1) is 0 Å². The van der Waals surface area contributed by atoms with Gasteiger partial charge in [-0.3, -0.25) is 4.99 Å². The minimum absolute atomic E-state index is 0.0577. The fourth-order valence-corrected chi connectivity index (χ4v) is 9.55. The molecule has 5 aromatic carbocycles. The Morgan fingerprint density at radius 3 is 2.29 bits per heavy atom. The van der Waals surface area contributed by atoms with Crippen LogP contribution in [-0.4, -0.2) is 26.7 Å². The molecule has 0 amide bonds. The van der Waals surface area contributed by atoms with Crippen molar-refractivity contribution in [1.82, 2.24) is 9.13 Å². The van der Waals surface area contributed by atoms with Gasteiger partial charge in [0.05, 0.1) is 33.8 Å². The lowest BCUT2D eigenvalue weighted by atomic mass is 9.80. The van der Waals surface area contributed by atoms with Crippen molar-refractivity contribution in [3.8, 4) is 11.4 Å². The number of aromatic nitrogens is 2. The number of amidine groups is 1. The summed E-state index contributed by atoms with van der Waals surface area (Å²) in [4.78, 5) is 13.1. The summed E-state index contributed by atoms with van der Waals surface area (Å²) in [7, 11) is 0. The monoisotopic (exact) mass is 646 g/mol. The zero-order chi connectivity index (χ0) is 32.1. The minimum Gasteiger partial charge on any atom is -0.309 e. The normalized spacial score (nSPS) is 20.6. The van der Waals surface area contributed by atoms with Crippen LogP contribution in [0.15, 0.2) is 172 Å². The van der Waals surface area contributed by atoms with Gasteiger partial charge in [0.15, 0.2) is 5.84 Å². The molecular weight excluding hydrogens is 617 g/mol. The number of para-hydroxylation sites is 3. The van der Waals surface area contributed by atoms with Crippen LogP contribution in [0.25, 0.3) is 55.0 Å². The number of hydrogen-bond acceptors (Lipinski definition) is 3. The van der Waals surface area contributed by atoms with Gasteiger partial charge in [-0.25, -0.2) is 4.99 Å². The molecule has 0 spiro atoms. The van der Waals surface area contributed by atoms with Gasteiger partial charge in [-0.2, -0.15) is 0 Å². The second-order valence-corrected chi connectivity index (χ2v) is 14.3. The van der Waals surface area contributed by atoms with Gasteiger partial charge in [-0.1, -0.05) is 121 Å². The molecule has 0 N–H and O–H groups in total. The average Bonchev–Trinajstić information content (AvgIpc) is 3.69. The summed E-state index contributed by atoms with van der Waals surface area (Å²) in [6.45, 7) is 0. The van der Waals surface area contributed by atoms with Crippen molar-refractivity contribution in [1.29, 1.82) is 0 Å². The molecule has 0 bridgehead atoms. The third kappa shape index (κ3) is 3.94. The van der Waals surface area contributed by atoms with Crippen molar-refractivity contribution in [2.45, 2.75) is 22.3 Å². The van der Waals surface area contributed by atoms with Crippen molar-refractivity contribution in [3.05, 3.63) is 157 Å². The van der Waals surface area contributed by atoms with E-state index in [9.17, 15) is 0 Å². The van der Waals surface area contributed by atoms with Gasteiger partial charge in [0.1, 0.15) is 0 Å². The Morgan fingerprint density at radius 1 is 0.633 bits per heavy atom. The molecule has 3 unspecified atom stereocenters. The molecule has 4 aliphatic rings. The quantitative estimate of drug-likeness (QED) is 0.188. The third-order valence-electron chi connectivity index (χ3n) is 10.5. The standard InChI is InChI=1S/C44H30N4S/c1-2-13-27(14-3-1)42-30-17-4-7-20-33(30)45-44(46-42)28-15-12-16-29(25-28)47-34-21-8-5-18-31(34)40-37(47)26-39-43-41(40)32-19-6-9-22-35(32)48(43)36-23-10-11-24-38(36)49-39/h1-13,15-27,30,33H,14H2. The van der Waals surface area contributed by atoms with Crippen LogP contribution in [0.2, 0.25) is 0 Å². The SMILES string of the molecule is C1=CCC(C2=NC(c3cccc(-n4c5ccccc5c5c6c7ccccc7n7c6c(cc54)Sc4ccccc4-7)c3)=NC3C=CC=CC23)C=C1. The Hall–Kier alpha value is -5.65. The first kappa shape index (κ1) is 27.3. The highest BCUT2D eigenvalue weighted by molar-refractivity contribution is 7.99. The van der Waals surface area contributed by atoms with E-state index in [0.29, 0.717) is 0 Å². The highest BCUT2D eigenvalue weighted by Gasteiger charge is 2.32. The Bertz CT molecular complexity index is 2750. The number of nitrogens with zero attached hydrogens (tertiary/aromatic N) is 4. The van der Waals surface area contributed by atoms with Crippen LogP contribution in [0, 0.1) is 11.8 Å². The number of rotatable bonds is 3. The summed E-state index contributed by atoms with van der Waals surface area (Å²) < 4.78 is 4.93. The summed E-state index contributed by atoms with van der Waals surface area (Å²) in [5, 5.41) is 5.16. The van der Waals surface area contributed by atoms with Crippen LogP contribution in [0.4, 0.5) is 0 Å².